The molecule has 0 aliphatic rings. The normalized spacial score (nSPS) is 13.0. The number of Topliss-reactive ketones (excluding diaryl/α,β-unsaturated/α-hetero) is 1. The second-order valence-corrected chi connectivity index (χ2v) is 7.27. The highest BCUT2D eigenvalue weighted by Gasteiger charge is 2.30. The highest BCUT2D eigenvalue weighted by Crippen LogP contribution is 2.17. The van der Waals surface area contributed by atoms with Gasteiger partial charge in [0.1, 0.15) is 0 Å². The zero-order valence-corrected chi connectivity index (χ0v) is 14.2. The Balaban J connectivity index is 2.22. The zero-order chi connectivity index (χ0) is 16.9. The van der Waals surface area contributed by atoms with Crippen molar-refractivity contribution in [3.63, 3.8) is 0 Å². The summed E-state index contributed by atoms with van der Waals surface area (Å²) < 4.78 is 26.6. The first-order chi connectivity index (χ1) is 11.0. The Morgan fingerprint density at radius 3 is 2.04 bits per heavy atom. The number of hydrogen-bond donors (Lipinski definition) is 0. The average molecular weight is 331 g/mol. The van der Waals surface area contributed by atoms with Crippen molar-refractivity contribution in [2.75, 3.05) is 6.54 Å². The van der Waals surface area contributed by atoms with Crippen molar-refractivity contribution in [2.24, 2.45) is 0 Å². The minimum absolute atomic E-state index is 0.103. The van der Waals surface area contributed by atoms with E-state index in [2.05, 4.69) is 0 Å². The molecule has 122 valence electrons. The van der Waals surface area contributed by atoms with E-state index in [9.17, 15) is 13.2 Å². The highest BCUT2D eigenvalue weighted by molar-refractivity contribution is 7.88. The summed E-state index contributed by atoms with van der Waals surface area (Å²) in [6.45, 7) is 3.65. The molecule has 23 heavy (non-hydrogen) atoms. The van der Waals surface area contributed by atoms with Crippen LogP contribution in [-0.2, 0) is 15.8 Å². The van der Waals surface area contributed by atoms with Crippen LogP contribution in [-0.4, -0.2) is 31.1 Å². The molecule has 0 aliphatic heterocycles. The van der Waals surface area contributed by atoms with E-state index in [1.165, 1.54) is 4.31 Å². The minimum atomic E-state index is -3.57. The van der Waals surface area contributed by atoms with Gasteiger partial charge < -0.3 is 0 Å². The Morgan fingerprint density at radius 2 is 1.52 bits per heavy atom. The van der Waals surface area contributed by atoms with Gasteiger partial charge in [0.05, 0.1) is 11.8 Å². The molecule has 1 atom stereocenters. The van der Waals surface area contributed by atoms with Crippen LogP contribution < -0.4 is 0 Å². The van der Waals surface area contributed by atoms with E-state index in [-0.39, 0.29) is 18.1 Å². The van der Waals surface area contributed by atoms with Crippen LogP contribution in [0, 0.1) is 0 Å². The van der Waals surface area contributed by atoms with Crippen LogP contribution in [0.3, 0.4) is 0 Å². The molecule has 0 saturated heterocycles. The lowest BCUT2D eigenvalue weighted by atomic mass is 10.1. The van der Waals surface area contributed by atoms with Gasteiger partial charge in [0, 0.05) is 12.1 Å². The predicted molar refractivity (Wildman–Crippen MR) is 91.7 cm³/mol. The van der Waals surface area contributed by atoms with Gasteiger partial charge in [0.25, 0.3) is 0 Å². The van der Waals surface area contributed by atoms with Gasteiger partial charge in [0.15, 0.2) is 5.78 Å². The number of rotatable bonds is 7. The van der Waals surface area contributed by atoms with Gasteiger partial charge in [-0.2, -0.15) is 4.31 Å². The number of sulfonamides is 1. The number of carbonyl (C=O) groups excluding carboxylic acids is 1. The van der Waals surface area contributed by atoms with Crippen molar-refractivity contribution in [2.45, 2.75) is 25.6 Å². The monoisotopic (exact) mass is 331 g/mol. The van der Waals surface area contributed by atoms with E-state index in [0.717, 1.165) is 0 Å². The first-order valence-corrected chi connectivity index (χ1v) is 9.19. The van der Waals surface area contributed by atoms with Crippen LogP contribution in [0.15, 0.2) is 60.7 Å². The summed E-state index contributed by atoms with van der Waals surface area (Å²) >= 11 is 0. The summed E-state index contributed by atoms with van der Waals surface area (Å²) in [6.07, 6.45) is 0. The third-order valence-electron chi connectivity index (χ3n) is 3.73. The molecule has 0 aromatic heterocycles. The number of hydrogen-bond acceptors (Lipinski definition) is 3. The smallest absolute Gasteiger partial charge is 0.218 e. The van der Waals surface area contributed by atoms with Crippen molar-refractivity contribution < 1.29 is 13.2 Å². The maximum absolute atomic E-state index is 12.7. The molecule has 0 bridgehead atoms. The topological polar surface area (TPSA) is 54.5 Å². The van der Waals surface area contributed by atoms with Gasteiger partial charge in [-0.15, -0.1) is 0 Å². The molecule has 0 saturated carbocycles. The second kappa shape index (κ2) is 7.53. The maximum atomic E-state index is 12.7. The van der Waals surface area contributed by atoms with E-state index < -0.39 is 16.1 Å². The number of nitrogens with zero attached hydrogens (tertiary/aromatic N) is 1. The highest BCUT2D eigenvalue weighted by atomic mass is 32.2. The van der Waals surface area contributed by atoms with Gasteiger partial charge in [-0.3, -0.25) is 4.79 Å². The van der Waals surface area contributed by atoms with Crippen LogP contribution in [0.4, 0.5) is 0 Å². The molecule has 2 rings (SSSR count). The lowest BCUT2D eigenvalue weighted by Gasteiger charge is -2.26. The van der Waals surface area contributed by atoms with Crippen molar-refractivity contribution in [3.05, 3.63) is 71.8 Å². The first-order valence-electron chi connectivity index (χ1n) is 7.58. The molecule has 0 heterocycles. The molecular formula is C18H21NO3S. The fraction of sp³-hybridized carbons (Fsp3) is 0.278. The van der Waals surface area contributed by atoms with Crippen molar-refractivity contribution in [1.29, 1.82) is 0 Å². The summed E-state index contributed by atoms with van der Waals surface area (Å²) in [4.78, 5) is 12.5. The lowest BCUT2D eigenvalue weighted by molar-refractivity contribution is 0.0910. The van der Waals surface area contributed by atoms with E-state index in [0.29, 0.717) is 11.1 Å². The number of likely N-dealkylation sites (N-methyl/N-ethyl adjacent to an activating group) is 1. The summed E-state index contributed by atoms with van der Waals surface area (Å²) in [5.74, 6) is -0.294. The predicted octanol–water partition coefficient (Wildman–Crippen LogP) is 3.11. The van der Waals surface area contributed by atoms with E-state index >= 15 is 0 Å². The maximum Gasteiger partial charge on any atom is 0.218 e. The van der Waals surface area contributed by atoms with E-state index in [1.807, 2.05) is 12.1 Å². The quantitative estimate of drug-likeness (QED) is 0.733. The molecule has 5 heteroatoms. The molecule has 0 radical (unpaired) electrons. The van der Waals surface area contributed by atoms with Crippen LogP contribution in [0.2, 0.25) is 0 Å². The molecule has 2 aromatic carbocycles. The average Bonchev–Trinajstić information content (AvgIpc) is 2.55. The van der Waals surface area contributed by atoms with Crippen LogP contribution in [0.5, 0.6) is 0 Å². The number of benzene rings is 2. The zero-order valence-electron chi connectivity index (χ0n) is 13.3. The second-order valence-electron chi connectivity index (χ2n) is 5.35. The Bertz CT molecular complexity index is 742. The number of carbonyl (C=O) groups is 1. The van der Waals surface area contributed by atoms with Gasteiger partial charge in [-0.25, -0.2) is 8.42 Å². The third-order valence-corrected chi connectivity index (χ3v) is 5.72. The Kier molecular flexibility index (Phi) is 5.69. The van der Waals surface area contributed by atoms with Gasteiger partial charge in [-0.05, 0) is 12.5 Å². The van der Waals surface area contributed by atoms with Gasteiger partial charge in [-0.1, -0.05) is 67.6 Å². The largest absolute Gasteiger partial charge is 0.292 e. The van der Waals surface area contributed by atoms with Crippen molar-refractivity contribution in [1.82, 2.24) is 4.31 Å². The fourth-order valence-electron chi connectivity index (χ4n) is 2.55. The summed E-state index contributed by atoms with van der Waals surface area (Å²) in [6, 6.07) is 17.1. The molecule has 0 fully saturated rings. The molecular weight excluding hydrogens is 310 g/mol. The molecule has 1 unspecified atom stereocenters. The van der Waals surface area contributed by atoms with Gasteiger partial charge >= 0.3 is 0 Å². The Labute approximate surface area is 137 Å². The minimum Gasteiger partial charge on any atom is -0.292 e. The summed E-state index contributed by atoms with van der Waals surface area (Å²) in [5, 5.41) is 0. The van der Waals surface area contributed by atoms with Crippen molar-refractivity contribution in [3.8, 4) is 0 Å². The Morgan fingerprint density at radius 1 is 1.00 bits per heavy atom. The molecule has 0 amide bonds. The molecule has 4 nitrogen and oxygen atoms in total. The molecule has 0 N–H and O–H groups in total. The third kappa shape index (κ3) is 4.27. The standard InChI is InChI=1S/C18H21NO3S/c1-3-19(15(2)18(20)17-12-8-5-9-13-17)23(21,22)14-16-10-6-4-7-11-16/h4-13,15H,3,14H2,1-2H3. The van der Waals surface area contributed by atoms with Crippen LogP contribution in [0.25, 0.3) is 0 Å². The molecule has 0 spiro atoms. The van der Waals surface area contributed by atoms with Crippen molar-refractivity contribution >= 4 is 15.8 Å². The van der Waals surface area contributed by atoms with E-state index in [1.54, 1.807) is 62.4 Å². The summed E-state index contributed by atoms with van der Waals surface area (Å²) in [7, 11) is -3.57. The van der Waals surface area contributed by atoms with Crippen LogP contribution >= 0.6 is 0 Å². The SMILES string of the molecule is CCN(C(C)C(=O)c1ccccc1)S(=O)(=O)Cc1ccccc1. The van der Waals surface area contributed by atoms with Crippen LogP contribution in [0.1, 0.15) is 29.8 Å². The first kappa shape index (κ1) is 17.4. The Hall–Kier alpha value is -1.98. The fourth-order valence-corrected chi connectivity index (χ4v) is 4.30. The van der Waals surface area contributed by atoms with Gasteiger partial charge in [0.2, 0.25) is 10.0 Å². The molecule has 0 aliphatic carbocycles. The lowest BCUT2D eigenvalue weighted by Crippen LogP contribution is -2.43. The summed E-state index contributed by atoms with van der Waals surface area (Å²) in [5.41, 5.74) is 1.23. The molecule has 2 aromatic rings. The number of ketones is 1. The van der Waals surface area contributed by atoms with E-state index in [4.69, 9.17) is 0 Å².